The molecular formula is C20H22N8O8S. The van der Waals surface area contributed by atoms with E-state index in [-0.39, 0.29) is 23.9 Å². The Labute approximate surface area is 209 Å². The summed E-state index contributed by atoms with van der Waals surface area (Å²) in [7, 11) is -4.82. The van der Waals surface area contributed by atoms with Crippen molar-refractivity contribution >= 4 is 22.5 Å². The maximum atomic E-state index is 13.3. The summed E-state index contributed by atoms with van der Waals surface area (Å²) in [6, 6.07) is -3.15. The number of amides is 4. The highest BCUT2D eigenvalue weighted by Crippen LogP contribution is 2.63. The molecule has 4 bridgehead atoms. The molecule has 4 atom stereocenters. The third kappa shape index (κ3) is 3.04. The molecule has 17 heteroatoms. The van der Waals surface area contributed by atoms with Gasteiger partial charge < -0.3 is 18.6 Å². The number of aromatic nitrogens is 4. The molecule has 4 amide bonds. The van der Waals surface area contributed by atoms with Crippen LogP contribution in [0.25, 0.3) is 0 Å². The maximum absolute atomic E-state index is 13.3. The number of urea groups is 2. The normalized spacial score (nSPS) is 32.8. The predicted octanol–water partition coefficient (Wildman–Crippen LogP) is 0.923. The van der Waals surface area contributed by atoms with Gasteiger partial charge in [0.2, 0.25) is 24.6 Å². The minimum atomic E-state index is -4.82. The number of hydroxylamine groups is 4. The van der Waals surface area contributed by atoms with E-state index in [1.54, 1.807) is 0 Å². The first-order valence-corrected chi connectivity index (χ1v) is 13.5. The number of carbonyl (C=O) groups excluding carboxylic acids is 2. The standard InChI is InChI=1S/C20H22N8O8S/c29-17-25-7-13(19(1-2-19)5-11(25)15-23-21-9-33-15)27(17)35-37(31,32)36-28-14-8-26(18(28)30)12(6-20(14)3-4-20)16-24-22-10-34-16/h9-14H,1-8H2/t11-,12-,13-,14-/m0/s1. The predicted molar refractivity (Wildman–Crippen MR) is 113 cm³/mol. The largest absolute Gasteiger partial charge is 0.442 e. The topological polar surface area (TPSA) is 178 Å². The lowest BCUT2D eigenvalue weighted by molar-refractivity contribution is -0.101. The fourth-order valence-corrected chi connectivity index (χ4v) is 7.49. The molecule has 2 aromatic heterocycles. The average Bonchev–Trinajstić information content (AvgIpc) is 3.51. The fraction of sp³-hybridized carbons (Fsp3) is 0.700. The molecule has 4 aliphatic heterocycles. The molecule has 2 saturated carbocycles. The molecule has 0 radical (unpaired) electrons. The van der Waals surface area contributed by atoms with Crippen LogP contribution < -0.4 is 0 Å². The highest BCUT2D eigenvalue weighted by molar-refractivity contribution is 7.81. The van der Waals surface area contributed by atoms with Crippen LogP contribution in [0.5, 0.6) is 0 Å². The Bertz CT molecular complexity index is 1280. The van der Waals surface area contributed by atoms with Gasteiger partial charge in [-0.2, -0.15) is 18.5 Å². The van der Waals surface area contributed by atoms with E-state index in [1.807, 2.05) is 0 Å². The Balaban J connectivity index is 1.04. The van der Waals surface area contributed by atoms with Crippen LogP contribution in [0.1, 0.15) is 62.4 Å². The molecule has 16 nitrogen and oxygen atoms in total. The molecule has 6 fully saturated rings. The molecular weight excluding hydrogens is 512 g/mol. The second-order valence-corrected chi connectivity index (χ2v) is 11.9. The fourth-order valence-electron chi connectivity index (χ4n) is 6.73. The van der Waals surface area contributed by atoms with Crippen molar-refractivity contribution in [3.63, 3.8) is 0 Å². The summed E-state index contributed by atoms with van der Waals surface area (Å²) in [5.41, 5.74) is -0.614. The van der Waals surface area contributed by atoms with E-state index in [0.29, 0.717) is 24.6 Å². The number of hydrogen-bond donors (Lipinski definition) is 0. The van der Waals surface area contributed by atoms with Crippen LogP contribution in [0.3, 0.4) is 0 Å². The zero-order chi connectivity index (χ0) is 25.2. The molecule has 4 saturated heterocycles. The minimum Gasteiger partial charge on any atom is -0.426 e. The summed E-state index contributed by atoms with van der Waals surface area (Å²) in [6.45, 7) is 0.519. The lowest BCUT2D eigenvalue weighted by Gasteiger charge is -2.35. The second kappa shape index (κ2) is 6.96. The van der Waals surface area contributed by atoms with Crippen LogP contribution in [0.4, 0.5) is 9.59 Å². The summed E-state index contributed by atoms with van der Waals surface area (Å²) in [5, 5.41) is 17.1. The van der Waals surface area contributed by atoms with Crippen LogP contribution in [-0.4, -0.2) is 86.0 Å². The van der Waals surface area contributed by atoms with Gasteiger partial charge in [-0.15, -0.1) is 29.0 Å². The number of carbonyl (C=O) groups is 2. The lowest BCUT2D eigenvalue weighted by atomic mass is 9.85. The first-order chi connectivity index (χ1) is 17.8. The molecule has 37 heavy (non-hydrogen) atoms. The van der Waals surface area contributed by atoms with Gasteiger partial charge in [-0.25, -0.2) is 9.59 Å². The van der Waals surface area contributed by atoms with Gasteiger partial charge in [0.25, 0.3) is 0 Å². The summed E-state index contributed by atoms with van der Waals surface area (Å²) in [6.07, 6.45) is 6.76. The van der Waals surface area contributed by atoms with Gasteiger partial charge in [0.15, 0.2) is 0 Å². The number of hydrogen-bond acceptors (Lipinski definition) is 12. The Morgan fingerprint density at radius 2 is 1.22 bits per heavy atom. The molecule has 2 aliphatic carbocycles. The van der Waals surface area contributed by atoms with E-state index in [1.165, 1.54) is 22.6 Å². The molecule has 6 aliphatic rings. The monoisotopic (exact) mass is 534 g/mol. The quantitative estimate of drug-likeness (QED) is 0.513. The molecule has 0 N–H and O–H groups in total. The van der Waals surface area contributed by atoms with E-state index in [0.717, 1.165) is 35.8 Å². The summed E-state index contributed by atoms with van der Waals surface area (Å²) >= 11 is 0. The van der Waals surface area contributed by atoms with Crippen molar-refractivity contribution in [1.82, 2.24) is 40.3 Å². The molecule has 8 rings (SSSR count). The summed E-state index contributed by atoms with van der Waals surface area (Å²) in [4.78, 5) is 29.5. The van der Waals surface area contributed by atoms with Crippen LogP contribution >= 0.6 is 0 Å². The maximum Gasteiger partial charge on any atom is 0.442 e. The highest BCUT2D eigenvalue weighted by atomic mass is 32.3. The van der Waals surface area contributed by atoms with Crippen molar-refractivity contribution in [1.29, 1.82) is 0 Å². The van der Waals surface area contributed by atoms with Crippen LogP contribution in [0.15, 0.2) is 21.6 Å². The van der Waals surface area contributed by atoms with E-state index in [4.69, 9.17) is 17.4 Å². The number of rotatable bonds is 6. The van der Waals surface area contributed by atoms with Gasteiger partial charge in [0.05, 0.1) is 12.1 Å². The molecule has 6 heterocycles. The minimum absolute atomic E-state index is 0.259. The van der Waals surface area contributed by atoms with Gasteiger partial charge in [-0.3, -0.25) is 0 Å². The van der Waals surface area contributed by atoms with Crippen molar-refractivity contribution in [2.24, 2.45) is 10.8 Å². The molecule has 2 aromatic rings. The third-order valence-corrected chi connectivity index (χ3v) is 9.68. The van der Waals surface area contributed by atoms with E-state index < -0.39 is 46.6 Å². The van der Waals surface area contributed by atoms with Gasteiger partial charge in [-0.1, -0.05) is 0 Å². The van der Waals surface area contributed by atoms with Crippen molar-refractivity contribution in [3.8, 4) is 0 Å². The third-order valence-electron chi connectivity index (χ3n) is 8.99. The van der Waals surface area contributed by atoms with Crippen LogP contribution in [-0.2, 0) is 19.0 Å². The first kappa shape index (κ1) is 21.7. The number of piperidine rings is 2. The lowest BCUT2D eigenvalue weighted by Crippen LogP contribution is -2.45. The summed E-state index contributed by atoms with van der Waals surface area (Å²) in [5.74, 6) is 0.599. The Kier molecular flexibility index (Phi) is 4.09. The Morgan fingerprint density at radius 3 is 1.57 bits per heavy atom. The average molecular weight is 535 g/mol. The number of nitrogens with zero attached hydrogens (tertiary/aromatic N) is 8. The summed E-state index contributed by atoms with van der Waals surface area (Å²) < 4.78 is 47.6. The highest BCUT2D eigenvalue weighted by Gasteiger charge is 2.67. The van der Waals surface area contributed by atoms with Gasteiger partial charge in [0, 0.05) is 13.1 Å². The zero-order valence-corrected chi connectivity index (χ0v) is 20.2. The van der Waals surface area contributed by atoms with E-state index in [2.05, 4.69) is 20.4 Å². The molecule has 196 valence electrons. The van der Waals surface area contributed by atoms with Crippen LogP contribution in [0, 0.1) is 10.8 Å². The first-order valence-electron chi connectivity index (χ1n) is 12.2. The SMILES string of the molecule is O=C1N2C[C@H](N1OS(=O)(=O)ON1C(=O)N3C[C@H]1C1(CC1)C[C@H]3c1nnco1)C1(CC1)C[C@H]2c1nnco1. The van der Waals surface area contributed by atoms with Gasteiger partial charge in [-0.05, 0) is 49.4 Å². The molecule has 0 unspecified atom stereocenters. The smallest absolute Gasteiger partial charge is 0.426 e. The van der Waals surface area contributed by atoms with E-state index in [9.17, 15) is 18.0 Å². The van der Waals surface area contributed by atoms with E-state index >= 15 is 0 Å². The zero-order valence-electron chi connectivity index (χ0n) is 19.4. The molecule has 2 spiro atoms. The van der Waals surface area contributed by atoms with Gasteiger partial charge in [0.1, 0.15) is 12.1 Å². The second-order valence-electron chi connectivity index (χ2n) is 10.8. The Hall–Kier alpha value is -3.31. The van der Waals surface area contributed by atoms with Crippen molar-refractivity contribution < 1.29 is 35.4 Å². The van der Waals surface area contributed by atoms with Crippen molar-refractivity contribution in [3.05, 3.63) is 24.6 Å². The molecule has 0 aromatic carbocycles. The van der Waals surface area contributed by atoms with Gasteiger partial charge >= 0.3 is 22.5 Å². The number of fused-ring (bicyclic) bond motifs is 6. The van der Waals surface area contributed by atoms with Crippen LogP contribution in [0.2, 0.25) is 0 Å². The van der Waals surface area contributed by atoms with Crippen molar-refractivity contribution in [2.45, 2.75) is 62.7 Å². The van der Waals surface area contributed by atoms with Crippen molar-refractivity contribution in [2.75, 3.05) is 13.1 Å². The Morgan fingerprint density at radius 1 is 0.784 bits per heavy atom.